The van der Waals surface area contributed by atoms with Gasteiger partial charge in [-0.1, -0.05) is 0 Å². The topological polar surface area (TPSA) is 78.6 Å². The van der Waals surface area contributed by atoms with E-state index in [1.165, 1.54) is 0 Å². The second-order valence-electron chi connectivity index (χ2n) is 5.02. The molecule has 1 aromatic rings. The van der Waals surface area contributed by atoms with Crippen LogP contribution in [0.1, 0.15) is 19.3 Å². The predicted molar refractivity (Wildman–Crippen MR) is 78.6 cm³/mol. The molecule has 5 nitrogen and oxygen atoms in total. The summed E-state index contributed by atoms with van der Waals surface area (Å²) in [5.41, 5.74) is 6.25. The first-order chi connectivity index (χ1) is 9.55. The number of rotatable bonds is 7. The predicted octanol–water partition coefficient (Wildman–Crippen LogP) is 1.63. The molecule has 2 rings (SSSR count). The summed E-state index contributed by atoms with van der Waals surface area (Å²) in [6.45, 7) is 1.06. The SMILES string of the molecule is Nc1ccc(OCCCS(=O)(=O)CC2CCCO2)cc1. The maximum atomic E-state index is 11.9. The number of nitrogen functional groups attached to an aromatic ring is 1. The summed E-state index contributed by atoms with van der Waals surface area (Å²) in [5, 5.41) is 0. The first kappa shape index (κ1) is 15.1. The van der Waals surface area contributed by atoms with Crippen LogP contribution in [0.4, 0.5) is 5.69 Å². The minimum atomic E-state index is -3.05. The van der Waals surface area contributed by atoms with Crippen molar-refractivity contribution >= 4 is 15.5 Å². The van der Waals surface area contributed by atoms with E-state index in [4.69, 9.17) is 15.2 Å². The Hall–Kier alpha value is -1.27. The number of benzene rings is 1. The molecule has 1 aliphatic rings. The van der Waals surface area contributed by atoms with Crippen LogP contribution in [-0.2, 0) is 14.6 Å². The lowest BCUT2D eigenvalue weighted by Crippen LogP contribution is -2.23. The quantitative estimate of drug-likeness (QED) is 0.611. The van der Waals surface area contributed by atoms with Crippen molar-refractivity contribution in [2.75, 3.05) is 30.5 Å². The largest absolute Gasteiger partial charge is 0.494 e. The number of nitrogens with two attached hydrogens (primary N) is 1. The van der Waals surface area contributed by atoms with Crippen LogP contribution >= 0.6 is 0 Å². The third kappa shape index (κ3) is 5.02. The maximum absolute atomic E-state index is 11.9. The summed E-state index contributed by atoms with van der Waals surface area (Å²) in [5.74, 6) is 0.979. The molecule has 0 saturated carbocycles. The molecule has 1 atom stereocenters. The van der Waals surface area contributed by atoms with Gasteiger partial charge in [-0.25, -0.2) is 8.42 Å². The average molecular weight is 299 g/mol. The third-order valence-corrected chi connectivity index (χ3v) is 5.00. The van der Waals surface area contributed by atoms with Crippen molar-refractivity contribution in [3.05, 3.63) is 24.3 Å². The van der Waals surface area contributed by atoms with Crippen molar-refractivity contribution in [2.45, 2.75) is 25.4 Å². The van der Waals surface area contributed by atoms with Gasteiger partial charge in [0.2, 0.25) is 0 Å². The van der Waals surface area contributed by atoms with Gasteiger partial charge in [-0.15, -0.1) is 0 Å². The molecule has 112 valence electrons. The fraction of sp³-hybridized carbons (Fsp3) is 0.571. The monoisotopic (exact) mass is 299 g/mol. The Morgan fingerprint density at radius 2 is 2.05 bits per heavy atom. The average Bonchev–Trinajstić information content (AvgIpc) is 2.89. The van der Waals surface area contributed by atoms with Crippen LogP contribution < -0.4 is 10.5 Å². The van der Waals surface area contributed by atoms with Crippen molar-refractivity contribution < 1.29 is 17.9 Å². The standard InChI is InChI=1S/C14H21NO4S/c15-12-4-6-13(7-5-12)18-9-2-10-20(16,17)11-14-3-1-8-19-14/h4-7,14H,1-3,8-11,15H2. The highest BCUT2D eigenvalue weighted by atomic mass is 32.2. The fourth-order valence-electron chi connectivity index (χ4n) is 2.18. The molecule has 0 spiro atoms. The van der Waals surface area contributed by atoms with Gasteiger partial charge in [-0.3, -0.25) is 0 Å². The molecule has 1 fully saturated rings. The van der Waals surface area contributed by atoms with E-state index in [1.54, 1.807) is 24.3 Å². The molecule has 0 bridgehead atoms. The lowest BCUT2D eigenvalue weighted by molar-refractivity contribution is 0.127. The zero-order valence-electron chi connectivity index (χ0n) is 11.5. The van der Waals surface area contributed by atoms with Crippen molar-refractivity contribution in [1.82, 2.24) is 0 Å². The van der Waals surface area contributed by atoms with E-state index in [2.05, 4.69) is 0 Å². The molecule has 0 radical (unpaired) electrons. The Balaban J connectivity index is 1.68. The highest BCUT2D eigenvalue weighted by Gasteiger charge is 2.22. The van der Waals surface area contributed by atoms with Gasteiger partial charge in [0, 0.05) is 12.3 Å². The summed E-state index contributed by atoms with van der Waals surface area (Å²) in [6.07, 6.45) is 2.18. The highest BCUT2D eigenvalue weighted by molar-refractivity contribution is 7.91. The Morgan fingerprint density at radius 3 is 2.70 bits per heavy atom. The summed E-state index contributed by atoms with van der Waals surface area (Å²) < 4.78 is 34.6. The van der Waals surface area contributed by atoms with E-state index in [9.17, 15) is 8.42 Å². The molecule has 1 unspecified atom stereocenters. The summed E-state index contributed by atoms with van der Waals surface area (Å²) in [6, 6.07) is 7.05. The van der Waals surface area contributed by atoms with E-state index in [1.807, 2.05) is 0 Å². The zero-order valence-corrected chi connectivity index (χ0v) is 12.3. The first-order valence-corrected chi connectivity index (χ1v) is 8.68. The van der Waals surface area contributed by atoms with Gasteiger partial charge < -0.3 is 15.2 Å². The van der Waals surface area contributed by atoms with Crippen molar-refractivity contribution in [1.29, 1.82) is 0 Å². The molecule has 2 N–H and O–H groups in total. The van der Waals surface area contributed by atoms with Gasteiger partial charge in [0.1, 0.15) is 5.75 Å². The molecule has 1 aromatic carbocycles. The van der Waals surface area contributed by atoms with Crippen LogP contribution in [0, 0.1) is 0 Å². The second kappa shape index (κ2) is 6.95. The molecule has 0 aliphatic carbocycles. The van der Waals surface area contributed by atoms with Crippen LogP contribution in [0.2, 0.25) is 0 Å². The third-order valence-electron chi connectivity index (χ3n) is 3.21. The minimum Gasteiger partial charge on any atom is -0.494 e. The van der Waals surface area contributed by atoms with Crippen molar-refractivity contribution in [3.8, 4) is 5.75 Å². The lowest BCUT2D eigenvalue weighted by atomic mass is 10.3. The normalized spacial score (nSPS) is 19.1. The van der Waals surface area contributed by atoms with Gasteiger partial charge in [-0.2, -0.15) is 0 Å². The summed E-state index contributed by atoms with van der Waals surface area (Å²) >= 11 is 0. The molecular formula is C14H21NO4S. The molecule has 6 heteroatoms. The molecular weight excluding hydrogens is 278 g/mol. The Kier molecular flexibility index (Phi) is 5.25. The zero-order chi connectivity index (χ0) is 14.4. The van der Waals surface area contributed by atoms with E-state index >= 15 is 0 Å². The van der Waals surface area contributed by atoms with Crippen LogP contribution in [0.25, 0.3) is 0 Å². The van der Waals surface area contributed by atoms with Crippen LogP contribution in [0.5, 0.6) is 5.75 Å². The molecule has 0 aromatic heterocycles. The number of ether oxygens (including phenoxy) is 2. The Bertz CT molecular complexity index is 506. The Labute approximate surface area is 120 Å². The van der Waals surface area contributed by atoms with Crippen LogP contribution in [-0.4, -0.2) is 39.2 Å². The van der Waals surface area contributed by atoms with Crippen molar-refractivity contribution in [2.24, 2.45) is 0 Å². The Morgan fingerprint density at radius 1 is 1.30 bits per heavy atom. The van der Waals surface area contributed by atoms with Gasteiger partial charge >= 0.3 is 0 Å². The fourth-order valence-corrected chi connectivity index (χ4v) is 3.73. The first-order valence-electron chi connectivity index (χ1n) is 6.85. The smallest absolute Gasteiger partial charge is 0.152 e. The highest BCUT2D eigenvalue weighted by Crippen LogP contribution is 2.15. The van der Waals surface area contributed by atoms with Gasteiger partial charge in [0.05, 0.1) is 24.2 Å². The number of hydrogen-bond donors (Lipinski definition) is 1. The molecule has 1 heterocycles. The molecule has 1 saturated heterocycles. The van der Waals surface area contributed by atoms with Crippen LogP contribution in [0.15, 0.2) is 24.3 Å². The summed E-state index contributed by atoms with van der Waals surface area (Å²) in [7, 11) is -3.05. The molecule has 1 aliphatic heterocycles. The van der Waals surface area contributed by atoms with Gasteiger partial charge in [0.15, 0.2) is 9.84 Å². The maximum Gasteiger partial charge on any atom is 0.152 e. The molecule has 0 amide bonds. The van der Waals surface area contributed by atoms with E-state index in [-0.39, 0.29) is 17.6 Å². The lowest BCUT2D eigenvalue weighted by Gasteiger charge is -2.10. The number of sulfone groups is 1. The van der Waals surface area contributed by atoms with Gasteiger partial charge in [-0.05, 0) is 43.5 Å². The van der Waals surface area contributed by atoms with Gasteiger partial charge in [0.25, 0.3) is 0 Å². The second-order valence-corrected chi connectivity index (χ2v) is 7.25. The van der Waals surface area contributed by atoms with Crippen LogP contribution in [0.3, 0.4) is 0 Å². The van der Waals surface area contributed by atoms with E-state index in [0.29, 0.717) is 31.1 Å². The number of anilines is 1. The molecule has 20 heavy (non-hydrogen) atoms. The number of hydrogen-bond acceptors (Lipinski definition) is 5. The van der Waals surface area contributed by atoms with E-state index in [0.717, 1.165) is 12.8 Å². The minimum absolute atomic E-state index is 0.113. The van der Waals surface area contributed by atoms with E-state index < -0.39 is 9.84 Å². The van der Waals surface area contributed by atoms with Crippen molar-refractivity contribution in [3.63, 3.8) is 0 Å². The summed E-state index contributed by atoms with van der Waals surface area (Å²) in [4.78, 5) is 0.